The van der Waals surface area contributed by atoms with E-state index >= 15 is 0 Å². The number of ether oxygens (including phenoxy) is 1. The number of hydrogen-bond donors (Lipinski definition) is 2. The molecule has 0 bridgehead atoms. The van der Waals surface area contributed by atoms with Gasteiger partial charge >= 0.3 is 0 Å². The van der Waals surface area contributed by atoms with Crippen molar-refractivity contribution in [1.82, 2.24) is 20.1 Å². The largest absolute Gasteiger partial charge is 0.379 e. The van der Waals surface area contributed by atoms with Crippen LogP contribution in [0.3, 0.4) is 0 Å². The number of nitrogens with one attached hydrogen (secondary N) is 2. The van der Waals surface area contributed by atoms with Crippen molar-refractivity contribution in [2.24, 2.45) is 0 Å². The smallest absolute Gasteiger partial charge is 0.239 e. The Morgan fingerprint density at radius 1 is 1.09 bits per heavy atom. The highest BCUT2D eigenvalue weighted by atomic mass is 79.9. The fourth-order valence-electron chi connectivity index (χ4n) is 6.36. The highest BCUT2D eigenvalue weighted by Crippen LogP contribution is 2.54. The number of likely N-dealkylation sites (tertiary alicyclic amines) is 1. The molecular formula is C35H38BrClN4O3S. The minimum absolute atomic E-state index is 0.0500. The summed E-state index contributed by atoms with van der Waals surface area (Å²) in [5, 5.41) is 4.85. The molecule has 3 aromatic carbocycles. The Morgan fingerprint density at radius 2 is 1.87 bits per heavy atom. The van der Waals surface area contributed by atoms with E-state index in [2.05, 4.69) is 63.2 Å². The number of fused-ring (bicyclic) bond motifs is 1. The van der Waals surface area contributed by atoms with Gasteiger partial charge in [-0.05, 0) is 79.9 Å². The van der Waals surface area contributed by atoms with Crippen LogP contribution < -0.4 is 5.32 Å². The lowest BCUT2D eigenvalue weighted by atomic mass is 9.91. The first-order valence-corrected chi connectivity index (χ1v) is 17.4. The van der Waals surface area contributed by atoms with Gasteiger partial charge in [-0.1, -0.05) is 51.8 Å². The summed E-state index contributed by atoms with van der Waals surface area (Å²) in [5.74, 6) is -0.168. The van der Waals surface area contributed by atoms with E-state index in [9.17, 15) is 9.59 Å². The number of rotatable bonds is 10. The van der Waals surface area contributed by atoms with Gasteiger partial charge in [0.25, 0.3) is 0 Å². The molecule has 2 atom stereocenters. The molecule has 3 heterocycles. The van der Waals surface area contributed by atoms with Gasteiger partial charge in [-0.3, -0.25) is 14.5 Å². The molecule has 2 saturated heterocycles. The number of halogens is 2. The van der Waals surface area contributed by atoms with Gasteiger partial charge in [-0.25, -0.2) is 0 Å². The van der Waals surface area contributed by atoms with Gasteiger partial charge in [0.05, 0.1) is 25.7 Å². The van der Waals surface area contributed by atoms with Gasteiger partial charge in [0.2, 0.25) is 11.8 Å². The standard InChI is InChI=1S/C35H38BrClN4O3S/c1-23-4-10-28(18-24(23)2)45-35(34(43)38-12-3-13-40-14-16-44-17-15-40)20-32(42)41(22-25-5-7-26(36)8-6-25)33(35)30-21-39-31-19-27(37)9-11-29(30)31/h4-11,18-19,21,33,39H,3,12-17,20,22H2,1-2H3,(H,38,43)/t33-,35-/m0/s1. The van der Waals surface area contributed by atoms with Crippen molar-refractivity contribution in [3.05, 3.63) is 98.6 Å². The van der Waals surface area contributed by atoms with E-state index in [0.29, 0.717) is 18.1 Å². The highest BCUT2D eigenvalue weighted by molar-refractivity contribution is 9.10. The van der Waals surface area contributed by atoms with Crippen LogP contribution in [-0.2, 0) is 20.9 Å². The molecule has 6 rings (SSSR count). The summed E-state index contributed by atoms with van der Waals surface area (Å²) in [4.78, 5) is 37.5. The molecule has 4 aromatic rings. The minimum Gasteiger partial charge on any atom is -0.379 e. The van der Waals surface area contributed by atoms with Gasteiger partial charge in [-0.2, -0.15) is 0 Å². The number of hydrogen-bond acceptors (Lipinski definition) is 5. The van der Waals surface area contributed by atoms with Crippen molar-refractivity contribution in [1.29, 1.82) is 0 Å². The Kier molecular flexibility index (Phi) is 9.92. The fraction of sp³-hybridized carbons (Fsp3) is 0.371. The van der Waals surface area contributed by atoms with Crippen molar-refractivity contribution in [3.63, 3.8) is 0 Å². The lowest BCUT2D eigenvalue weighted by Crippen LogP contribution is -2.48. The maximum absolute atomic E-state index is 14.7. The van der Waals surface area contributed by atoms with Gasteiger partial charge in [0.1, 0.15) is 4.75 Å². The zero-order chi connectivity index (χ0) is 31.6. The molecule has 7 nitrogen and oxygen atoms in total. The summed E-state index contributed by atoms with van der Waals surface area (Å²) in [6.07, 6.45) is 2.85. The summed E-state index contributed by atoms with van der Waals surface area (Å²) in [6, 6.07) is 19.5. The van der Waals surface area contributed by atoms with Crippen LogP contribution in [0.5, 0.6) is 0 Å². The number of aromatic amines is 1. The number of amides is 2. The molecule has 0 saturated carbocycles. The molecule has 10 heteroatoms. The van der Waals surface area contributed by atoms with Crippen molar-refractivity contribution in [3.8, 4) is 0 Å². The van der Waals surface area contributed by atoms with Crippen molar-refractivity contribution >= 4 is 62.0 Å². The number of aryl methyl sites for hydroxylation is 2. The van der Waals surface area contributed by atoms with E-state index in [0.717, 1.165) is 76.2 Å². The number of carbonyl (C=O) groups is 2. The number of H-pyrrole nitrogens is 1. The van der Waals surface area contributed by atoms with E-state index in [1.165, 1.54) is 17.3 Å². The Hall–Kier alpha value is -2.82. The fourth-order valence-corrected chi connectivity index (χ4v) is 8.32. The van der Waals surface area contributed by atoms with E-state index in [-0.39, 0.29) is 18.2 Å². The average Bonchev–Trinajstić information content (AvgIpc) is 3.56. The molecule has 0 radical (unpaired) electrons. The normalized spacial score (nSPS) is 20.7. The molecule has 236 valence electrons. The van der Waals surface area contributed by atoms with Crippen LogP contribution in [0.15, 0.2) is 76.2 Å². The average molecular weight is 710 g/mol. The zero-order valence-electron chi connectivity index (χ0n) is 25.6. The van der Waals surface area contributed by atoms with Gasteiger partial charge in [0, 0.05) is 63.2 Å². The topological polar surface area (TPSA) is 77.7 Å². The number of thioether (sulfide) groups is 1. The minimum atomic E-state index is -1.11. The maximum atomic E-state index is 14.7. The lowest BCUT2D eigenvalue weighted by molar-refractivity contribution is -0.129. The predicted molar refractivity (Wildman–Crippen MR) is 185 cm³/mol. The van der Waals surface area contributed by atoms with Gasteiger partial charge < -0.3 is 19.9 Å². The molecule has 2 N–H and O–H groups in total. The third-order valence-electron chi connectivity index (χ3n) is 8.93. The van der Waals surface area contributed by atoms with Crippen molar-refractivity contribution < 1.29 is 14.3 Å². The van der Waals surface area contributed by atoms with Crippen LogP contribution >= 0.6 is 39.3 Å². The highest BCUT2D eigenvalue weighted by Gasteiger charge is 2.58. The number of nitrogens with zero attached hydrogens (tertiary/aromatic N) is 2. The first-order valence-electron chi connectivity index (χ1n) is 15.4. The molecule has 2 amide bonds. The molecule has 2 aliphatic heterocycles. The van der Waals surface area contributed by atoms with Crippen molar-refractivity contribution in [2.75, 3.05) is 39.4 Å². The van der Waals surface area contributed by atoms with Crippen LogP contribution in [0.25, 0.3) is 10.9 Å². The third kappa shape index (κ3) is 6.98. The lowest BCUT2D eigenvalue weighted by Gasteiger charge is -2.36. The van der Waals surface area contributed by atoms with E-state index in [1.54, 1.807) is 0 Å². The molecular weight excluding hydrogens is 672 g/mol. The van der Waals surface area contributed by atoms with E-state index in [1.807, 2.05) is 53.6 Å². The zero-order valence-corrected chi connectivity index (χ0v) is 28.7. The van der Waals surface area contributed by atoms with Crippen LogP contribution in [0.2, 0.25) is 5.02 Å². The first kappa shape index (κ1) is 32.1. The number of carbonyl (C=O) groups excluding carboxylic acids is 2. The van der Waals surface area contributed by atoms with Crippen LogP contribution in [0, 0.1) is 13.8 Å². The summed E-state index contributed by atoms with van der Waals surface area (Å²) < 4.78 is 5.35. The quantitative estimate of drug-likeness (QED) is 0.173. The van der Waals surface area contributed by atoms with Gasteiger partial charge in [0.15, 0.2) is 0 Å². The molecule has 0 unspecified atom stereocenters. The molecule has 45 heavy (non-hydrogen) atoms. The van der Waals surface area contributed by atoms with Crippen LogP contribution in [0.1, 0.15) is 41.1 Å². The summed E-state index contributed by atoms with van der Waals surface area (Å²) in [5.41, 5.74) is 5.11. The summed E-state index contributed by atoms with van der Waals surface area (Å²) >= 11 is 11.4. The second kappa shape index (κ2) is 13.9. The third-order valence-corrected chi connectivity index (χ3v) is 11.1. The Balaban J connectivity index is 1.40. The Bertz CT molecular complexity index is 1690. The van der Waals surface area contributed by atoms with E-state index < -0.39 is 10.8 Å². The summed E-state index contributed by atoms with van der Waals surface area (Å²) in [7, 11) is 0. The molecule has 0 spiro atoms. The maximum Gasteiger partial charge on any atom is 0.239 e. The predicted octanol–water partition coefficient (Wildman–Crippen LogP) is 7.04. The monoisotopic (exact) mass is 708 g/mol. The SMILES string of the molecule is Cc1ccc(S[C@@]2(C(=O)NCCCN3CCOCC3)CC(=O)N(Cc3ccc(Br)cc3)[C@H]2c2c[nH]c3cc(Cl)ccc23)cc1C. The number of benzene rings is 3. The van der Waals surface area contributed by atoms with Crippen molar-refractivity contribution in [2.45, 2.75) is 48.9 Å². The second-order valence-corrected chi connectivity index (χ2v) is 14.7. The van der Waals surface area contributed by atoms with E-state index in [4.69, 9.17) is 16.3 Å². The number of morpholine rings is 1. The number of aromatic nitrogens is 1. The second-order valence-electron chi connectivity index (χ2n) is 12.0. The Morgan fingerprint density at radius 3 is 2.62 bits per heavy atom. The molecule has 0 aliphatic carbocycles. The Labute approximate surface area is 282 Å². The summed E-state index contributed by atoms with van der Waals surface area (Å²) in [6.45, 7) is 9.28. The first-order chi connectivity index (χ1) is 21.7. The van der Waals surface area contributed by atoms with Crippen LogP contribution in [0.4, 0.5) is 0 Å². The molecule has 2 aliphatic rings. The molecule has 2 fully saturated rings. The van der Waals surface area contributed by atoms with Crippen LogP contribution in [-0.4, -0.2) is 70.7 Å². The van der Waals surface area contributed by atoms with Gasteiger partial charge in [-0.15, -0.1) is 11.8 Å². The molecule has 1 aromatic heterocycles.